The van der Waals surface area contributed by atoms with Gasteiger partial charge in [0.05, 0.1) is 10.0 Å². The Kier molecular flexibility index (Phi) is 5.63. The Morgan fingerprint density at radius 2 is 1.95 bits per heavy atom. The third-order valence-electron chi connectivity index (χ3n) is 3.37. The number of halogens is 3. The molecular weight excluding hydrogens is 308 g/mol. The van der Waals surface area contributed by atoms with Gasteiger partial charge in [-0.25, -0.2) is 4.39 Å². The van der Waals surface area contributed by atoms with Crippen LogP contribution >= 0.6 is 23.2 Å². The van der Waals surface area contributed by atoms with Crippen molar-refractivity contribution in [2.24, 2.45) is 0 Å². The Bertz CT molecular complexity index is 608. The van der Waals surface area contributed by atoms with Crippen molar-refractivity contribution in [3.05, 3.63) is 69.0 Å². The van der Waals surface area contributed by atoms with E-state index in [-0.39, 0.29) is 11.9 Å². The zero-order valence-corrected chi connectivity index (χ0v) is 13.6. The molecule has 0 amide bonds. The summed E-state index contributed by atoms with van der Waals surface area (Å²) < 4.78 is 13.6. The van der Waals surface area contributed by atoms with Gasteiger partial charge < -0.3 is 5.32 Å². The molecule has 0 radical (unpaired) electrons. The number of benzene rings is 2. The van der Waals surface area contributed by atoms with Crippen molar-refractivity contribution in [2.75, 3.05) is 6.54 Å². The fraction of sp³-hybridized carbons (Fsp3) is 0.294. The molecule has 2 rings (SSSR count). The van der Waals surface area contributed by atoms with Crippen LogP contribution in [0.25, 0.3) is 0 Å². The fourth-order valence-electron chi connectivity index (χ4n) is 2.45. The number of likely N-dealkylation sites (N-methyl/N-ethyl adjacent to an activating group) is 1. The average Bonchev–Trinajstić information content (AvgIpc) is 2.42. The van der Waals surface area contributed by atoms with Crippen LogP contribution in [-0.4, -0.2) is 6.54 Å². The van der Waals surface area contributed by atoms with Crippen LogP contribution in [0.15, 0.2) is 36.4 Å². The van der Waals surface area contributed by atoms with Crippen molar-refractivity contribution in [1.29, 1.82) is 0 Å². The van der Waals surface area contributed by atoms with E-state index in [1.54, 1.807) is 12.1 Å². The Hall–Kier alpha value is -1.09. The minimum atomic E-state index is -0.218. The lowest BCUT2D eigenvalue weighted by Gasteiger charge is -2.20. The Morgan fingerprint density at radius 3 is 2.62 bits per heavy atom. The molecule has 0 bridgehead atoms. The van der Waals surface area contributed by atoms with E-state index < -0.39 is 0 Å². The molecule has 4 heteroatoms. The van der Waals surface area contributed by atoms with Crippen LogP contribution in [0.2, 0.25) is 10.0 Å². The summed E-state index contributed by atoms with van der Waals surface area (Å²) in [6.07, 6.45) is 0.663. The van der Waals surface area contributed by atoms with Crippen molar-refractivity contribution < 1.29 is 4.39 Å². The highest BCUT2D eigenvalue weighted by Gasteiger charge is 2.15. The van der Waals surface area contributed by atoms with Crippen LogP contribution in [0.1, 0.15) is 29.7 Å². The predicted octanol–water partition coefficient (Wildman–Crippen LogP) is 5.33. The van der Waals surface area contributed by atoms with Gasteiger partial charge >= 0.3 is 0 Å². The normalized spacial score (nSPS) is 12.4. The fourth-order valence-corrected chi connectivity index (χ4v) is 2.84. The first-order chi connectivity index (χ1) is 10.0. The smallest absolute Gasteiger partial charge is 0.123 e. The predicted molar refractivity (Wildman–Crippen MR) is 87.7 cm³/mol. The van der Waals surface area contributed by atoms with Crippen molar-refractivity contribution in [3.63, 3.8) is 0 Å². The van der Waals surface area contributed by atoms with Crippen molar-refractivity contribution >= 4 is 23.2 Å². The quantitative estimate of drug-likeness (QED) is 0.782. The molecule has 0 heterocycles. The maximum Gasteiger partial charge on any atom is 0.123 e. The zero-order chi connectivity index (χ0) is 15.4. The van der Waals surface area contributed by atoms with Crippen molar-refractivity contribution in [2.45, 2.75) is 26.3 Å². The molecule has 1 nitrogen and oxygen atoms in total. The summed E-state index contributed by atoms with van der Waals surface area (Å²) in [5.74, 6) is -0.218. The number of aryl methyl sites for hydroxylation is 1. The second-order valence-corrected chi connectivity index (χ2v) is 5.87. The van der Waals surface area contributed by atoms with Crippen LogP contribution in [0.5, 0.6) is 0 Å². The lowest BCUT2D eigenvalue weighted by molar-refractivity contribution is 0.542. The number of rotatable bonds is 5. The van der Waals surface area contributed by atoms with Crippen molar-refractivity contribution in [3.8, 4) is 0 Å². The largest absolute Gasteiger partial charge is 0.310 e. The minimum Gasteiger partial charge on any atom is -0.310 e. The van der Waals surface area contributed by atoms with E-state index in [4.69, 9.17) is 23.2 Å². The van der Waals surface area contributed by atoms with Gasteiger partial charge in [-0.1, -0.05) is 48.3 Å². The summed E-state index contributed by atoms with van der Waals surface area (Å²) in [4.78, 5) is 0. The van der Waals surface area contributed by atoms with Crippen LogP contribution in [0.4, 0.5) is 4.39 Å². The highest BCUT2D eigenvalue weighted by Crippen LogP contribution is 2.29. The Balaban J connectivity index is 2.32. The van der Waals surface area contributed by atoms with Gasteiger partial charge in [-0.15, -0.1) is 0 Å². The summed E-state index contributed by atoms with van der Waals surface area (Å²) in [6.45, 7) is 4.71. The molecule has 0 aliphatic heterocycles. The van der Waals surface area contributed by atoms with Gasteiger partial charge in [-0.05, 0) is 54.8 Å². The van der Waals surface area contributed by atoms with E-state index in [1.165, 1.54) is 6.07 Å². The molecule has 1 unspecified atom stereocenters. The van der Waals surface area contributed by atoms with E-state index >= 15 is 0 Å². The molecule has 2 aromatic rings. The molecule has 0 fully saturated rings. The summed E-state index contributed by atoms with van der Waals surface area (Å²) in [5, 5.41) is 4.49. The zero-order valence-electron chi connectivity index (χ0n) is 12.1. The number of hydrogen-bond donors (Lipinski definition) is 1. The number of nitrogens with one attached hydrogen (secondary N) is 1. The molecule has 0 aromatic heterocycles. The maximum atomic E-state index is 13.6. The Labute approximate surface area is 135 Å². The molecule has 0 spiro atoms. The lowest BCUT2D eigenvalue weighted by atomic mass is 9.97. The molecule has 2 aromatic carbocycles. The van der Waals surface area contributed by atoms with Gasteiger partial charge in [0.25, 0.3) is 0 Å². The third kappa shape index (κ3) is 4.19. The molecule has 0 aliphatic carbocycles. The lowest BCUT2D eigenvalue weighted by Crippen LogP contribution is -2.23. The second kappa shape index (κ2) is 7.26. The van der Waals surface area contributed by atoms with Gasteiger partial charge in [0.1, 0.15) is 5.82 Å². The molecule has 1 atom stereocenters. The van der Waals surface area contributed by atoms with Crippen LogP contribution in [0.3, 0.4) is 0 Å². The second-order valence-electron chi connectivity index (χ2n) is 5.09. The van der Waals surface area contributed by atoms with Crippen LogP contribution in [-0.2, 0) is 6.42 Å². The number of hydrogen-bond acceptors (Lipinski definition) is 1. The van der Waals surface area contributed by atoms with Crippen molar-refractivity contribution in [1.82, 2.24) is 5.32 Å². The summed E-state index contributed by atoms with van der Waals surface area (Å²) >= 11 is 12.3. The van der Waals surface area contributed by atoms with Gasteiger partial charge in [0.2, 0.25) is 0 Å². The minimum absolute atomic E-state index is 0.000340. The molecule has 0 aliphatic rings. The third-order valence-corrected chi connectivity index (χ3v) is 4.23. The van der Waals surface area contributed by atoms with Gasteiger partial charge in [-0.3, -0.25) is 0 Å². The highest BCUT2D eigenvalue weighted by molar-refractivity contribution is 6.42. The topological polar surface area (TPSA) is 12.0 Å². The average molecular weight is 326 g/mol. The molecule has 0 saturated carbocycles. The van der Waals surface area contributed by atoms with Crippen LogP contribution in [0, 0.1) is 12.7 Å². The molecule has 1 N–H and O–H groups in total. The highest BCUT2D eigenvalue weighted by atomic mass is 35.5. The summed E-state index contributed by atoms with van der Waals surface area (Å²) in [5.41, 5.74) is 2.78. The standard InChI is InChI=1S/C17H18Cl2FN/c1-3-21-16(13-7-11(2)8-14(20)9-13)10-12-5-4-6-15(18)17(12)19/h4-9,16,21H,3,10H2,1-2H3. The molecule has 112 valence electrons. The monoisotopic (exact) mass is 325 g/mol. The first-order valence-electron chi connectivity index (χ1n) is 6.94. The summed E-state index contributed by atoms with van der Waals surface area (Å²) in [7, 11) is 0. The summed E-state index contributed by atoms with van der Waals surface area (Å²) in [6, 6.07) is 10.7. The van der Waals surface area contributed by atoms with Gasteiger partial charge in [-0.2, -0.15) is 0 Å². The first kappa shape index (κ1) is 16.3. The Morgan fingerprint density at radius 1 is 1.19 bits per heavy atom. The maximum absolute atomic E-state index is 13.6. The molecule has 21 heavy (non-hydrogen) atoms. The van der Waals surface area contributed by atoms with E-state index in [2.05, 4.69) is 5.32 Å². The van der Waals surface area contributed by atoms with Crippen LogP contribution < -0.4 is 5.32 Å². The van der Waals surface area contributed by atoms with E-state index in [0.29, 0.717) is 16.5 Å². The van der Waals surface area contributed by atoms with Gasteiger partial charge in [0.15, 0.2) is 0 Å². The first-order valence-corrected chi connectivity index (χ1v) is 7.70. The van der Waals surface area contributed by atoms with E-state index in [1.807, 2.05) is 32.0 Å². The molecule has 0 saturated heterocycles. The van der Waals surface area contributed by atoms with E-state index in [9.17, 15) is 4.39 Å². The van der Waals surface area contributed by atoms with Gasteiger partial charge in [0, 0.05) is 6.04 Å². The SMILES string of the molecule is CCNC(Cc1cccc(Cl)c1Cl)c1cc(C)cc(F)c1. The molecular formula is C17H18Cl2FN. The van der Waals surface area contributed by atoms with E-state index in [0.717, 1.165) is 23.2 Å².